The van der Waals surface area contributed by atoms with Gasteiger partial charge in [-0.2, -0.15) is 0 Å². The molecule has 0 aliphatic carbocycles. The maximum Gasteiger partial charge on any atom is 0.107 e. The van der Waals surface area contributed by atoms with Crippen molar-refractivity contribution in [2.45, 2.75) is 33.2 Å². The van der Waals surface area contributed by atoms with Crippen molar-refractivity contribution in [1.29, 1.82) is 0 Å². The van der Waals surface area contributed by atoms with Gasteiger partial charge in [0.05, 0.1) is 11.7 Å². The number of imidazole rings is 1. The zero-order chi connectivity index (χ0) is 9.97. The summed E-state index contributed by atoms with van der Waals surface area (Å²) in [7, 11) is 0. The third kappa shape index (κ3) is 1.50. The monoisotopic (exact) mass is 189 g/mol. The van der Waals surface area contributed by atoms with Crippen LogP contribution in [-0.2, 0) is 6.54 Å². The Morgan fingerprint density at radius 1 is 1.43 bits per heavy atom. The molecule has 0 saturated carbocycles. The van der Waals surface area contributed by atoms with Gasteiger partial charge in [-0.15, -0.1) is 0 Å². The lowest BCUT2D eigenvalue weighted by Crippen LogP contribution is -1.99. The van der Waals surface area contributed by atoms with Gasteiger partial charge in [-0.1, -0.05) is 13.3 Å². The summed E-state index contributed by atoms with van der Waals surface area (Å²) in [6.45, 7) is 5.31. The SMILES string of the molecule is CCCCn1c(C)nc2cnccc21. The van der Waals surface area contributed by atoms with E-state index in [2.05, 4.69) is 28.4 Å². The first kappa shape index (κ1) is 9.19. The second-order valence-electron chi connectivity index (χ2n) is 3.53. The predicted molar refractivity (Wildman–Crippen MR) is 57.2 cm³/mol. The minimum absolute atomic E-state index is 1.00. The molecule has 0 bridgehead atoms. The molecule has 3 nitrogen and oxygen atoms in total. The van der Waals surface area contributed by atoms with Crippen LogP contribution >= 0.6 is 0 Å². The van der Waals surface area contributed by atoms with Crippen LogP contribution in [0.3, 0.4) is 0 Å². The standard InChI is InChI=1S/C11H15N3/c1-3-4-7-14-9(2)13-10-8-12-6-5-11(10)14/h5-6,8H,3-4,7H2,1-2H3. The molecule has 0 saturated heterocycles. The summed E-state index contributed by atoms with van der Waals surface area (Å²) >= 11 is 0. The molecule has 0 N–H and O–H groups in total. The van der Waals surface area contributed by atoms with Gasteiger partial charge in [-0.3, -0.25) is 4.98 Å². The highest BCUT2D eigenvalue weighted by molar-refractivity contribution is 5.74. The number of aromatic nitrogens is 3. The van der Waals surface area contributed by atoms with Crippen LogP contribution in [0, 0.1) is 6.92 Å². The zero-order valence-corrected chi connectivity index (χ0v) is 8.70. The van der Waals surface area contributed by atoms with Crippen LogP contribution in [0.15, 0.2) is 18.5 Å². The molecule has 0 aromatic carbocycles. The first-order valence-electron chi connectivity index (χ1n) is 5.09. The normalized spacial score (nSPS) is 11.0. The van der Waals surface area contributed by atoms with E-state index in [9.17, 15) is 0 Å². The summed E-state index contributed by atoms with van der Waals surface area (Å²) < 4.78 is 2.26. The predicted octanol–water partition coefficient (Wildman–Crippen LogP) is 2.54. The largest absolute Gasteiger partial charge is 0.328 e. The van der Waals surface area contributed by atoms with Crippen molar-refractivity contribution in [2.75, 3.05) is 0 Å². The Hall–Kier alpha value is -1.38. The minimum atomic E-state index is 1.00. The van der Waals surface area contributed by atoms with Gasteiger partial charge >= 0.3 is 0 Å². The van der Waals surface area contributed by atoms with Gasteiger partial charge in [0, 0.05) is 12.7 Å². The van der Waals surface area contributed by atoms with Crippen molar-refractivity contribution in [3.63, 3.8) is 0 Å². The fourth-order valence-corrected chi connectivity index (χ4v) is 1.70. The molecular formula is C11H15N3. The molecule has 74 valence electrons. The summed E-state index contributed by atoms with van der Waals surface area (Å²) in [6, 6.07) is 2.03. The average Bonchev–Trinajstić information content (AvgIpc) is 2.51. The highest BCUT2D eigenvalue weighted by Gasteiger charge is 2.05. The molecule has 2 aromatic rings. The fourth-order valence-electron chi connectivity index (χ4n) is 1.70. The molecule has 0 amide bonds. The van der Waals surface area contributed by atoms with Gasteiger partial charge < -0.3 is 4.57 Å². The fraction of sp³-hybridized carbons (Fsp3) is 0.455. The molecule has 0 fully saturated rings. The Kier molecular flexibility index (Phi) is 2.48. The summed E-state index contributed by atoms with van der Waals surface area (Å²) in [5.74, 6) is 1.08. The first-order chi connectivity index (χ1) is 6.83. The number of fused-ring (bicyclic) bond motifs is 1. The Morgan fingerprint density at radius 2 is 2.29 bits per heavy atom. The van der Waals surface area contributed by atoms with Crippen LogP contribution in [0.1, 0.15) is 25.6 Å². The van der Waals surface area contributed by atoms with Crippen LogP contribution in [-0.4, -0.2) is 14.5 Å². The van der Waals surface area contributed by atoms with E-state index in [-0.39, 0.29) is 0 Å². The topological polar surface area (TPSA) is 30.7 Å². The quantitative estimate of drug-likeness (QED) is 0.742. The lowest BCUT2D eigenvalue weighted by atomic mass is 10.3. The zero-order valence-electron chi connectivity index (χ0n) is 8.70. The number of hydrogen-bond acceptors (Lipinski definition) is 2. The molecule has 2 aromatic heterocycles. The van der Waals surface area contributed by atoms with Gasteiger partial charge in [0.1, 0.15) is 11.3 Å². The number of nitrogens with zero attached hydrogens (tertiary/aromatic N) is 3. The molecule has 2 heterocycles. The van der Waals surface area contributed by atoms with Gasteiger partial charge in [-0.25, -0.2) is 4.98 Å². The first-order valence-corrected chi connectivity index (χ1v) is 5.09. The molecule has 0 radical (unpaired) electrons. The van der Waals surface area contributed by atoms with Crippen molar-refractivity contribution in [2.24, 2.45) is 0 Å². The molecule has 0 unspecified atom stereocenters. The molecule has 0 aliphatic heterocycles. The maximum atomic E-state index is 4.47. The number of hydrogen-bond donors (Lipinski definition) is 0. The van der Waals surface area contributed by atoms with Crippen LogP contribution < -0.4 is 0 Å². The minimum Gasteiger partial charge on any atom is -0.328 e. The van der Waals surface area contributed by atoms with Gasteiger partial charge in [0.15, 0.2) is 0 Å². The Balaban J connectivity index is 2.45. The lowest BCUT2D eigenvalue weighted by molar-refractivity contribution is 0.631. The second kappa shape index (κ2) is 3.78. The summed E-state index contributed by atoms with van der Waals surface area (Å²) in [5, 5.41) is 0. The molecule has 3 heteroatoms. The number of pyridine rings is 1. The van der Waals surface area contributed by atoms with Crippen LogP contribution in [0.2, 0.25) is 0 Å². The van der Waals surface area contributed by atoms with E-state index >= 15 is 0 Å². The van der Waals surface area contributed by atoms with Gasteiger partial charge in [0.25, 0.3) is 0 Å². The smallest absolute Gasteiger partial charge is 0.107 e. The number of unbranched alkanes of at least 4 members (excludes halogenated alkanes) is 1. The van der Waals surface area contributed by atoms with E-state index in [1.54, 1.807) is 0 Å². The third-order valence-electron chi connectivity index (χ3n) is 2.48. The Labute approximate surface area is 83.8 Å². The van der Waals surface area contributed by atoms with Crippen molar-refractivity contribution in [3.8, 4) is 0 Å². The van der Waals surface area contributed by atoms with E-state index in [1.165, 1.54) is 18.4 Å². The molecular weight excluding hydrogens is 174 g/mol. The van der Waals surface area contributed by atoms with Crippen molar-refractivity contribution < 1.29 is 0 Å². The van der Waals surface area contributed by atoms with Crippen LogP contribution in [0.25, 0.3) is 11.0 Å². The van der Waals surface area contributed by atoms with Gasteiger partial charge in [-0.05, 0) is 19.4 Å². The van der Waals surface area contributed by atoms with E-state index in [4.69, 9.17) is 0 Å². The van der Waals surface area contributed by atoms with E-state index in [1.807, 2.05) is 18.5 Å². The molecule has 14 heavy (non-hydrogen) atoms. The molecule has 0 spiro atoms. The van der Waals surface area contributed by atoms with Crippen LogP contribution in [0.5, 0.6) is 0 Å². The van der Waals surface area contributed by atoms with E-state index in [0.29, 0.717) is 0 Å². The second-order valence-corrected chi connectivity index (χ2v) is 3.53. The van der Waals surface area contributed by atoms with Crippen molar-refractivity contribution >= 4 is 11.0 Å². The van der Waals surface area contributed by atoms with Crippen molar-refractivity contribution in [3.05, 3.63) is 24.3 Å². The summed E-state index contributed by atoms with van der Waals surface area (Å²) in [4.78, 5) is 8.54. The molecule has 0 atom stereocenters. The third-order valence-corrected chi connectivity index (χ3v) is 2.48. The van der Waals surface area contributed by atoms with Gasteiger partial charge in [0.2, 0.25) is 0 Å². The van der Waals surface area contributed by atoms with E-state index in [0.717, 1.165) is 17.9 Å². The Morgan fingerprint density at radius 3 is 3.07 bits per heavy atom. The maximum absolute atomic E-state index is 4.47. The Bertz CT molecular complexity index is 431. The molecule has 0 aliphatic rings. The highest BCUT2D eigenvalue weighted by atomic mass is 15.1. The average molecular weight is 189 g/mol. The highest BCUT2D eigenvalue weighted by Crippen LogP contribution is 2.14. The van der Waals surface area contributed by atoms with Crippen molar-refractivity contribution in [1.82, 2.24) is 14.5 Å². The van der Waals surface area contributed by atoms with Crippen LogP contribution in [0.4, 0.5) is 0 Å². The summed E-state index contributed by atoms with van der Waals surface area (Å²) in [6.07, 6.45) is 6.06. The number of rotatable bonds is 3. The van der Waals surface area contributed by atoms with E-state index < -0.39 is 0 Å². The number of aryl methyl sites for hydroxylation is 2. The molecule has 2 rings (SSSR count). The lowest BCUT2D eigenvalue weighted by Gasteiger charge is -2.04. The summed E-state index contributed by atoms with van der Waals surface area (Å²) in [5.41, 5.74) is 2.20.